The van der Waals surface area contributed by atoms with E-state index in [-0.39, 0.29) is 5.91 Å². The van der Waals surface area contributed by atoms with Crippen LogP contribution in [0, 0.1) is 6.92 Å². The molecule has 4 heteroatoms. The normalized spacial score (nSPS) is 11.6. The Morgan fingerprint density at radius 2 is 1.87 bits per heavy atom. The van der Waals surface area contributed by atoms with Gasteiger partial charge in [0.15, 0.2) is 17.6 Å². The zero-order valence-electron chi connectivity index (χ0n) is 13.8. The number of aryl methyl sites for hydroxylation is 1. The van der Waals surface area contributed by atoms with Crippen molar-refractivity contribution < 1.29 is 14.3 Å². The van der Waals surface area contributed by atoms with Crippen molar-refractivity contribution in [1.29, 1.82) is 0 Å². The lowest BCUT2D eigenvalue weighted by molar-refractivity contribution is -0.127. The number of hydrogen-bond acceptors (Lipinski definition) is 3. The fourth-order valence-electron chi connectivity index (χ4n) is 2.23. The number of amides is 1. The van der Waals surface area contributed by atoms with Crippen LogP contribution >= 0.6 is 0 Å². The molecule has 0 fully saturated rings. The van der Waals surface area contributed by atoms with Crippen molar-refractivity contribution in [2.45, 2.75) is 26.4 Å². The minimum absolute atomic E-state index is 0.136. The molecule has 4 nitrogen and oxygen atoms in total. The molecule has 0 radical (unpaired) electrons. The molecule has 0 spiro atoms. The van der Waals surface area contributed by atoms with Crippen LogP contribution in [0.25, 0.3) is 0 Å². The van der Waals surface area contributed by atoms with Crippen LogP contribution < -0.4 is 14.8 Å². The van der Waals surface area contributed by atoms with E-state index < -0.39 is 6.10 Å². The minimum atomic E-state index is -0.581. The molecule has 2 aromatic carbocycles. The van der Waals surface area contributed by atoms with E-state index in [1.54, 1.807) is 14.0 Å². The first-order chi connectivity index (χ1) is 11.1. The molecule has 0 heterocycles. The molecule has 2 rings (SSSR count). The van der Waals surface area contributed by atoms with Gasteiger partial charge < -0.3 is 14.8 Å². The number of methoxy groups -OCH3 is 1. The number of carbonyl (C=O) groups excluding carboxylic acids is 1. The molecule has 0 aliphatic rings. The van der Waals surface area contributed by atoms with Gasteiger partial charge in [0, 0.05) is 6.54 Å². The maximum Gasteiger partial charge on any atom is 0.260 e. The van der Waals surface area contributed by atoms with E-state index in [1.165, 1.54) is 5.56 Å². The number of benzene rings is 2. The topological polar surface area (TPSA) is 47.6 Å². The van der Waals surface area contributed by atoms with Gasteiger partial charge in [-0.3, -0.25) is 4.79 Å². The Hall–Kier alpha value is -2.49. The summed E-state index contributed by atoms with van der Waals surface area (Å²) in [6.45, 7) is 4.30. The van der Waals surface area contributed by atoms with E-state index in [0.29, 0.717) is 18.0 Å². The van der Waals surface area contributed by atoms with Crippen molar-refractivity contribution in [2.24, 2.45) is 0 Å². The summed E-state index contributed by atoms with van der Waals surface area (Å²) in [4.78, 5) is 12.1. The van der Waals surface area contributed by atoms with E-state index in [4.69, 9.17) is 9.47 Å². The lowest BCUT2D eigenvalue weighted by atomic mass is 10.1. The largest absolute Gasteiger partial charge is 0.493 e. The molecule has 1 atom stereocenters. The second-order valence-electron chi connectivity index (χ2n) is 5.44. The van der Waals surface area contributed by atoms with Crippen LogP contribution in [0.1, 0.15) is 18.1 Å². The third-order valence-corrected chi connectivity index (χ3v) is 3.55. The summed E-state index contributed by atoms with van der Waals surface area (Å²) in [7, 11) is 1.59. The van der Waals surface area contributed by atoms with Crippen LogP contribution in [0.2, 0.25) is 0 Å². The molecule has 1 amide bonds. The first-order valence-corrected chi connectivity index (χ1v) is 7.73. The molecular weight excluding hydrogens is 290 g/mol. The highest BCUT2D eigenvalue weighted by molar-refractivity contribution is 5.80. The summed E-state index contributed by atoms with van der Waals surface area (Å²) < 4.78 is 11.0. The van der Waals surface area contributed by atoms with Crippen LogP contribution in [-0.4, -0.2) is 25.7 Å². The Morgan fingerprint density at radius 3 is 2.57 bits per heavy atom. The van der Waals surface area contributed by atoms with Crippen LogP contribution in [0.5, 0.6) is 11.5 Å². The average molecular weight is 313 g/mol. The summed E-state index contributed by atoms with van der Waals surface area (Å²) in [5, 5.41) is 2.90. The van der Waals surface area contributed by atoms with Gasteiger partial charge in [0.25, 0.3) is 5.91 Å². The first kappa shape index (κ1) is 16.9. The number of rotatable bonds is 7. The summed E-state index contributed by atoms with van der Waals surface area (Å²) in [5.41, 5.74) is 2.27. The van der Waals surface area contributed by atoms with Gasteiger partial charge in [0.2, 0.25) is 0 Å². The number of carbonyl (C=O) groups is 1. The van der Waals surface area contributed by atoms with Crippen molar-refractivity contribution in [2.75, 3.05) is 13.7 Å². The fourth-order valence-corrected chi connectivity index (χ4v) is 2.23. The highest BCUT2D eigenvalue weighted by atomic mass is 16.5. The van der Waals surface area contributed by atoms with Crippen LogP contribution in [-0.2, 0) is 11.2 Å². The lowest BCUT2D eigenvalue weighted by Crippen LogP contribution is -2.37. The Bertz CT molecular complexity index is 640. The maximum absolute atomic E-state index is 12.1. The highest BCUT2D eigenvalue weighted by Crippen LogP contribution is 2.28. The van der Waals surface area contributed by atoms with Crippen LogP contribution in [0.3, 0.4) is 0 Å². The van der Waals surface area contributed by atoms with Gasteiger partial charge in [-0.1, -0.05) is 36.4 Å². The van der Waals surface area contributed by atoms with Gasteiger partial charge in [-0.25, -0.2) is 0 Å². The number of hydrogen-bond donors (Lipinski definition) is 1. The van der Waals surface area contributed by atoms with Crippen molar-refractivity contribution >= 4 is 5.91 Å². The third-order valence-electron chi connectivity index (χ3n) is 3.55. The summed E-state index contributed by atoms with van der Waals surface area (Å²) in [5.74, 6) is 1.07. The molecule has 0 aromatic heterocycles. The van der Waals surface area contributed by atoms with Crippen LogP contribution in [0.4, 0.5) is 0 Å². The van der Waals surface area contributed by atoms with Gasteiger partial charge in [-0.05, 0) is 43.5 Å². The maximum atomic E-state index is 12.1. The highest BCUT2D eigenvalue weighted by Gasteiger charge is 2.16. The van der Waals surface area contributed by atoms with Crippen molar-refractivity contribution in [3.05, 3.63) is 59.7 Å². The van der Waals surface area contributed by atoms with E-state index in [2.05, 4.69) is 5.32 Å². The average Bonchev–Trinajstić information content (AvgIpc) is 2.57. The van der Waals surface area contributed by atoms with Gasteiger partial charge >= 0.3 is 0 Å². The van der Waals surface area contributed by atoms with E-state index in [1.807, 2.05) is 55.5 Å². The molecule has 23 heavy (non-hydrogen) atoms. The monoisotopic (exact) mass is 313 g/mol. The first-order valence-electron chi connectivity index (χ1n) is 7.73. The van der Waals surface area contributed by atoms with E-state index in [9.17, 15) is 4.79 Å². The molecular formula is C19H23NO3. The zero-order valence-corrected chi connectivity index (χ0v) is 13.8. The predicted octanol–water partition coefficient (Wildman–Crippen LogP) is 3.13. The third kappa shape index (κ3) is 5.02. The van der Waals surface area contributed by atoms with Gasteiger partial charge in [0.05, 0.1) is 7.11 Å². The van der Waals surface area contributed by atoms with Crippen molar-refractivity contribution in [1.82, 2.24) is 5.32 Å². The van der Waals surface area contributed by atoms with Gasteiger partial charge in [0.1, 0.15) is 0 Å². The molecule has 0 saturated heterocycles. The number of ether oxygens (including phenoxy) is 2. The number of nitrogens with one attached hydrogen (secondary N) is 1. The molecule has 0 aliphatic carbocycles. The zero-order chi connectivity index (χ0) is 16.7. The summed E-state index contributed by atoms with van der Waals surface area (Å²) >= 11 is 0. The lowest BCUT2D eigenvalue weighted by Gasteiger charge is -2.17. The van der Waals surface area contributed by atoms with Crippen LogP contribution in [0.15, 0.2) is 48.5 Å². The molecule has 0 bridgehead atoms. The Labute approximate surface area is 137 Å². The van der Waals surface area contributed by atoms with Gasteiger partial charge in [-0.15, -0.1) is 0 Å². The Kier molecular flexibility index (Phi) is 6.03. The molecule has 122 valence electrons. The second kappa shape index (κ2) is 8.22. The smallest absolute Gasteiger partial charge is 0.260 e. The molecule has 0 saturated carbocycles. The van der Waals surface area contributed by atoms with E-state index in [0.717, 1.165) is 12.0 Å². The minimum Gasteiger partial charge on any atom is -0.493 e. The predicted molar refractivity (Wildman–Crippen MR) is 91.0 cm³/mol. The van der Waals surface area contributed by atoms with Crippen molar-refractivity contribution in [3.63, 3.8) is 0 Å². The quantitative estimate of drug-likeness (QED) is 0.854. The fraction of sp³-hybridized carbons (Fsp3) is 0.316. The second-order valence-corrected chi connectivity index (χ2v) is 5.44. The van der Waals surface area contributed by atoms with Crippen molar-refractivity contribution in [3.8, 4) is 11.5 Å². The standard InChI is InChI=1S/C19H23NO3/c1-14-9-10-17(18(13-14)22-3)23-15(2)19(21)20-12-11-16-7-5-4-6-8-16/h4-10,13,15H,11-12H2,1-3H3,(H,20,21). The summed E-state index contributed by atoms with van der Waals surface area (Å²) in [6.07, 6.45) is 0.218. The SMILES string of the molecule is COc1cc(C)ccc1OC(C)C(=O)NCCc1ccccc1. The Morgan fingerprint density at radius 1 is 1.13 bits per heavy atom. The molecule has 2 aromatic rings. The Balaban J connectivity index is 1.85. The van der Waals surface area contributed by atoms with E-state index >= 15 is 0 Å². The molecule has 1 N–H and O–H groups in total. The molecule has 0 aliphatic heterocycles. The van der Waals surface area contributed by atoms with Gasteiger partial charge in [-0.2, -0.15) is 0 Å². The summed E-state index contributed by atoms with van der Waals surface area (Å²) in [6, 6.07) is 15.7. The molecule has 1 unspecified atom stereocenters.